The zero-order chi connectivity index (χ0) is 13.7. The van der Waals surface area contributed by atoms with Gasteiger partial charge in [-0.2, -0.15) is 4.98 Å². The van der Waals surface area contributed by atoms with Gasteiger partial charge in [-0.1, -0.05) is 31.3 Å². The highest BCUT2D eigenvalue weighted by Crippen LogP contribution is 2.41. The van der Waals surface area contributed by atoms with Crippen molar-refractivity contribution >= 4 is 5.97 Å². The van der Waals surface area contributed by atoms with Crippen LogP contribution in [0.4, 0.5) is 0 Å². The quantitative estimate of drug-likeness (QED) is 0.856. The summed E-state index contributed by atoms with van der Waals surface area (Å²) in [5, 5.41) is 13.1. The smallest absolute Gasteiger partial charge is 0.303 e. The molecule has 1 aliphatic rings. The molecule has 1 heterocycles. The van der Waals surface area contributed by atoms with Gasteiger partial charge in [-0.05, 0) is 24.7 Å². The molecule has 0 aromatic carbocycles. The fourth-order valence-electron chi connectivity index (χ4n) is 3.05. The van der Waals surface area contributed by atoms with E-state index in [1.807, 2.05) is 0 Å². The summed E-state index contributed by atoms with van der Waals surface area (Å²) in [6.07, 6.45) is 7.91. The van der Waals surface area contributed by atoms with Gasteiger partial charge in [0.2, 0.25) is 5.89 Å². The third-order valence-electron chi connectivity index (χ3n) is 3.95. The number of carbonyl (C=O) groups is 1. The maximum Gasteiger partial charge on any atom is 0.303 e. The minimum atomic E-state index is -0.727. The first-order valence-electron chi connectivity index (χ1n) is 7.17. The number of rotatable bonds is 6. The highest BCUT2D eigenvalue weighted by molar-refractivity contribution is 5.67. The van der Waals surface area contributed by atoms with Gasteiger partial charge in [-0.25, -0.2) is 0 Å². The Kier molecular flexibility index (Phi) is 4.56. The van der Waals surface area contributed by atoms with Crippen molar-refractivity contribution in [2.24, 2.45) is 5.41 Å². The summed E-state index contributed by atoms with van der Waals surface area (Å²) in [5.74, 6) is 0.612. The Hall–Kier alpha value is -1.39. The van der Waals surface area contributed by atoms with E-state index >= 15 is 0 Å². The van der Waals surface area contributed by atoms with Gasteiger partial charge in [0.05, 0.1) is 6.42 Å². The van der Waals surface area contributed by atoms with Crippen LogP contribution in [-0.4, -0.2) is 21.2 Å². The molecule has 0 radical (unpaired) electrons. The lowest BCUT2D eigenvalue weighted by atomic mass is 9.69. The molecular formula is C14H22N2O3. The van der Waals surface area contributed by atoms with Crippen LogP contribution in [0.15, 0.2) is 4.52 Å². The van der Waals surface area contributed by atoms with Gasteiger partial charge in [-0.3, -0.25) is 4.79 Å². The van der Waals surface area contributed by atoms with Crippen LogP contribution in [0.3, 0.4) is 0 Å². The van der Waals surface area contributed by atoms with E-state index in [1.165, 1.54) is 6.42 Å². The number of aryl methyl sites for hydroxylation is 1. The average Bonchev–Trinajstić information content (AvgIpc) is 2.77. The van der Waals surface area contributed by atoms with Crippen molar-refractivity contribution in [1.29, 1.82) is 0 Å². The monoisotopic (exact) mass is 266 g/mol. The summed E-state index contributed by atoms with van der Waals surface area (Å²) in [7, 11) is 0. The van der Waals surface area contributed by atoms with Crippen LogP contribution in [0.5, 0.6) is 0 Å². The first kappa shape index (κ1) is 14.0. The summed E-state index contributed by atoms with van der Waals surface area (Å²) < 4.78 is 5.27. The van der Waals surface area contributed by atoms with E-state index in [1.54, 1.807) is 0 Å². The summed E-state index contributed by atoms with van der Waals surface area (Å²) in [5.41, 5.74) is -0.180. The fourth-order valence-corrected chi connectivity index (χ4v) is 3.05. The minimum absolute atomic E-state index is 0.180. The van der Waals surface area contributed by atoms with Crippen LogP contribution >= 0.6 is 0 Å². The van der Waals surface area contributed by atoms with Gasteiger partial charge >= 0.3 is 5.97 Å². The van der Waals surface area contributed by atoms with E-state index in [0.717, 1.165) is 44.3 Å². The summed E-state index contributed by atoms with van der Waals surface area (Å²) in [6, 6.07) is 0. The van der Waals surface area contributed by atoms with Crippen LogP contribution < -0.4 is 0 Å². The van der Waals surface area contributed by atoms with Crippen molar-refractivity contribution in [3.8, 4) is 0 Å². The lowest BCUT2D eigenvalue weighted by molar-refractivity contribution is -0.140. The van der Waals surface area contributed by atoms with Crippen LogP contribution in [0.1, 0.15) is 63.6 Å². The number of carboxylic acids is 1. The molecule has 2 rings (SSSR count). The Bertz CT molecular complexity index is 422. The van der Waals surface area contributed by atoms with Crippen LogP contribution in [-0.2, 0) is 17.6 Å². The number of aliphatic carboxylic acids is 1. The molecule has 106 valence electrons. The zero-order valence-corrected chi connectivity index (χ0v) is 11.5. The van der Waals surface area contributed by atoms with Crippen molar-refractivity contribution in [2.45, 2.75) is 64.7 Å². The Morgan fingerprint density at radius 2 is 2.11 bits per heavy atom. The number of nitrogens with zero attached hydrogens (tertiary/aromatic N) is 2. The Labute approximate surface area is 113 Å². The second-order valence-electron chi connectivity index (χ2n) is 5.66. The SMILES string of the molecule is CCCc1noc(CC2(CC(=O)O)CCCCC2)n1. The van der Waals surface area contributed by atoms with Crippen molar-refractivity contribution in [3.05, 3.63) is 11.7 Å². The summed E-state index contributed by atoms with van der Waals surface area (Å²) in [4.78, 5) is 15.5. The van der Waals surface area contributed by atoms with Crippen LogP contribution in [0.2, 0.25) is 0 Å². The molecule has 5 heteroatoms. The van der Waals surface area contributed by atoms with Crippen molar-refractivity contribution in [1.82, 2.24) is 10.1 Å². The molecule has 1 fully saturated rings. The molecule has 0 spiro atoms. The third-order valence-corrected chi connectivity index (χ3v) is 3.95. The van der Waals surface area contributed by atoms with Gasteiger partial charge in [-0.15, -0.1) is 0 Å². The van der Waals surface area contributed by atoms with Gasteiger partial charge < -0.3 is 9.63 Å². The largest absolute Gasteiger partial charge is 0.481 e. The van der Waals surface area contributed by atoms with E-state index in [9.17, 15) is 4.79 Å². The number of aromatic nitrogens is 2. The lowest BCUT2D eigenvalue weighted by Crippen LogP contribution is -2.29. The van der Waals surface area contributed by atoms with Gasteiger partial charge in [0, 0.05) is 12.8 Å². The van der Waals surface area contributed by atoms with E-state index in [2.05, 4.69) is 17.1 Å². The summed E-state index contributed by atoms with van der Waals surface area (Å²) >= 11 is 0. The standard InChI is InChI=1S/C14H22N2O3/c1-2-6-11-15-12(19-16-11)9-14(10-13(17)18)7-4-3-5-8-14/h2-10H2,1H3,(H,17,18). The molecule has 0 unspecified atom stereocenters. The highest BCUT2D eigenvalue weighted by atomic mass is 16.5. The van der Waals surface area contributed by atoms with Gasteiger partial charge in [0.15, 0.2) is 5.82 Å². The maximum atomic E-state index is 11.1. The highest BCUT2D eigenvalue weighted by Gasteiger charge is 2.36. The number of carboxylic acid groups (broad SMARTS) is 1. The molecule has 0 bridgehead atoms. The van der Waals surface area contributed by atoms with Crippen molar-refractivity contribution in [2.75, 3.05) is 0 Å². The Morgan fingerprint density at radius 3 is 2.74 bits per heavy atom. The topological polar surface area (TPSA) is 76.2 Å². The maximum absolute atomic E-state index is 11.1. The molecule has 0 atom stereocenters. The molecule has 1 saturated carbocycles. The number of hydrogen-bond donors (Lipinski definition) is 1. The normalized spacial score (nSPS) is 18.4. The van der Waals surface area contributed by atoms with Gasteiger partial charge in [0.25, 0.3) is 0 Å². The zero-order valence-electron chi connectivity index (χ0n) is 11.5. The van der Waals surface area contributed by atoms with Crippen LogP contribution in [0.25, 0.3) is 0 Å². The van der Waals surface area contributed by atoms with Crippen LogP contribution in [0, 0.1) is 5.41 Å². The third kappa shape index (κ3) is 3.78. The summed E-state index contributed by atoms with van der Waals surface area (Å²) in [6.45, 7) is 2.07. The molecule has 0 amide bonds. The Morgan fingerprint density at radius 1 is 1.37 bits per heavy atom. The van der Waals surface area contributed by atoms with E-state index in [0.29, 0.717) is 12.3 Å². The molecule has 1 aliphatic carbocycles. The molecule has 1 aromatic rings. The molecular weight excluding hydrogens is 244 g/mol. The first-order valence-corrected chi connectivity index (χ1v) is 7.17. The molecule has 5 nitrogen and oxygen atoms in total. The molecule has 0 aliphatic heterocycles. The molecule has 0 saturated heterocycles. The second kappa shape index (κ2) is 6.17. The van der Waals surface area contributed by atoms with E-state index in [4.69, 9.17) is 9.63 Å². The second-order valence-corrected chi connectivity index (χ2v) is 5.66. The predicted molar refractivity (Wildman–Crippen MR) is 69.8 cm³/mol. The van der Waals surface area contributed by atoms with Crippen molar-refractivity contribution < 1.29 is 14.4 Å². The lowest BCUT2D eigenvalue weighted by Gasteiger charge is -2.34. The molecule has 19 heavy (non-hydrogen) atoms. The minimum Gasteiger partial charge on any atom is -0.481 e. The first-order chi connectivity index (χ1) is 9.13. The Balaban J connectivity index is 2.07. The fraction of sp³-hybridized carbons (Fsp3) is 0.786. The predicted octanol–water partition coefficient (Wildman–Crippen LogP) is 2.99. The van der Waals surface area contributed by atoms with E-state index in [-0.39, 0.29) is 11.8 Å². The van der Waals surface area contributed by atoms with Crippen molar-refractivity contribution in [3.63, 3.8) is 0 Å². The average molecular weight is 266 g/mol. The molecule has 1 N–H and O–H groups in total. The molecule has 1 aromatic heterocycles. The van der Waals surface area contributed by atoms with Gasteiger partial charge in [0.1, 0.15) is 0 Å². The van der Waals surface area contributed by atoms with E-state index < -0.39 is 5.97 Å². The number of hydrogen-bond acceptors (Lipinski definition) is 4.